The minimum Gasteiger partial charge on any atom is -0.457 e. The molecule has 200 valence electrons. The molecule has 1 atom stereocenters. The molecule has 4 aromatic rings. The van der Waals surface area contributed by atoms with E-state index in [0.717, 1.165) is 23.6 Å². The number of aromatic nitrogens is 5. The number of Topliss-reactive ketones (excluding diaryl/α,β-unsaturated/α-hetero) is 1. The van der Waals surface area contributed by atoms with Crippen molar-refractivity contribution in [3.63, 3.8) is 0 Å². The van der Waals surface area contributed by atoms with E-state index in [-0.39, 0.29) is 30.5 Å². The summed E-state index contributed by atoms with van der Waals surface area (Å²) in [5.74, 6) is 1.44. The number of ketones is 1. The van der Waals surface area contributed by atoms with Crippen LogP contribution >= 0.6 is 0 Å². The third-order valence-electron chi connectivity index (χ3n) is 6.30. The summed E-state index contributed by atoms with van der Waals surface area (Å²) in [6.45, 7) is 2.68. The summed E-state index contributed by atoms with van der Waals surface area (Å²) in [4.78, 5) is 20.1. The number of hydrogen-bond acceptors (Lipinski definition) is 7. The van der Waals surface area contributed by atoms with Gasteiger partial charge in [0, 0.05) is 56.9 Å². The third kappa shape index (κ3) is 5.80. The van der Waals surface area contributed by atoms with Crippen molar-refractivity contribution < 1.29 is 27.4 Å². The molecular formula is C26H27F3N6O3. The Kier molecular flexibility index (Phi) is 7.06. The van der Waals surface area contributed by atoms with E-state index in [1.165, 1.54) is 6.92 Å². The number of carbonyl (C=O) groups excluding carboxylic acids is 1. The van der Waals surface area contributed by atoms with Gasteiger partial charge in [-0.15, -0.1) is 0 Å². The molecule has 0 radical (unpaired) electrons. The maximum absolute atomic E-state index is 13.7. The fourth-order valence-corrected chi connectivity index (χ4v) is 4.51. The van der Waals surface area contributed by atoms with Crippen molar-refractivity contribution in [2.24, 2.45) is 13.0 Å². The standard InChI is InChI=1S/C26H27F3N6O3/c1-16(36)10-18-11-20(7-8-30-18)38-19-5-6-21-22(12-19)34(2)25(31-21)32-24-13-23(26(27,28)29)35(33-24)14-17-4-3-9-37-15-17/h5-8,11-13,17H,3-4,9-10,14-15H2,1-2H3,(H,31,32,33)/t17-/m1/s1. The van der Waals surface area contributed by atoms with Gasteiger partial charge in [-0.1, -0.05) is 0 Å². The zero-order valence-corrected chi connectivity index (χ0v) is 21.0. The normalized spacial score (nSPS) is 16.1. The van der Waals surface area contributed by atoms with Crippen LogP contribution in [-0.2, 0) is 35.7 Å². The summed E-state index contributed by atoms with van der Waals surface area (Å²) < 4.78 is 55.3. The highest BCUT2D eigenvalue weighted by molar-refractivity contribution is 5.81. The van der Waals surface area contributed by atoms with Gasteiger partial charge in [0.05, 0.1) is 23.3 Å². The largest absolute Gasteiger partial charge is 0.457 e. The first-order valence-corrected chi connectivity index (χ1v) is 12.2. The van der Waals surface area contributed by atoms with Crippen LogP contribution < -0.4 is 10.1 Å². The Morgan fingerprint density at radius 2 is 2.03 bits per heavy atom. The predicted molar refractivity (Wildman–Crippen MR) is 133 cm³/mol. The van der Waals surface area contributed by atoms with Crippen molar-refractivity contribution in [2.45, 2.75) is 38.9 Å². The van der Waals surface area contributed by atoms with Gasteiger partial charge in [0.25, 0.3) is 0 Å². The smallest absolute Gasteiger partial charge is 0.433 e. The number of carbonyl (C=O) groups is 1. The lowest BCUT2D eigenvalue weighted by Gasteiger charge is -2.22. The van der Waals surface area contributed by atoms with Gasteiger partial charge in [0.15, 0.2) is 5.82 Å². The Bertz CT molecular complexity index is 1460. The van der Waals surface area contributed by atoms with Crippen LogP contribution in [0, 0.1) is 5.92 Å². The number of nitrogens with one attached hydrogen (secondary N) is 1. The maximum Gasteiger partial charge on any atom is 0.433 e. The van der Waals surface area contributed by atoms with Gasteiger partial charge in [-0.3, -0.25) is 14.5 Å². The molecule has 1 fully saturated rings. The Hall–Kier alpha value is -3.93. The lowest BCUT2D eigenvalue weighted by atomic mass is 10.0. The lowest BCUT2D eigenvalue weighted by molar-refractivity contribution is -0.144. The molecule has 0 amide bonds. The molecule has 1 aliphatic heterocycles. The van der Waals surface area contributed by atoms with E-state index in [1.54, 1.807) is 48.1 Å². The second-order valence-corrected chi connectivity index (χ2v) is 9.41. The van der Waals surface area contributed by atoms with Crippen molar-refractivity contribution in [1.29, 1.82) is 0 Å². The molecule has 38 heavy (non-hydrogen) atoms. The quantitative estimate of drug-likeness (QED) is 0.333. The topological polar surface area (TPSA) is 96.1 Å². The Labute approximate surface area is 216 Å². The van der Waals surface area contributed by atoms with Crippen molar-refractivity contribution in [2.75, 3.05) is 18.5 Å². The highest BCUT2D eigenvalue weighted by Gasteiger charge is 2.36. The second-order valence-electron chi connectivity index (χ2n) is 9.41. The average Bonchev–Trinajstić information content (AvgIpc) is 3.40. The minimum atomic E-state index is -4.54. The van der Waals surface area contributed by atoms with Gasteiger partial charge in [0.2, 0.25) is 5.95 Å². The summed E-state index contributed by atoms with van der Waals surface area (Å²) in [6, 6.07) is 9.68. The van der Waals surface area contributed by atoms with Crippen molar-refractivity contribution in [1.82, 2.24) is 24.3 Å². The number of alkyl halides is 3. The molecule has 0 spiro atoms. The fraction of sp³-hybridized carbons (Fsp3) is 0.385. The zero-order valence-electron chi connectivity index (χ0n) is 21.0. The summed E-state index contributed by atoms with van der Waals surface area (Å²) in [6.07, 6.45) is -1.13. The average molecular weight is 529 g/mol. The number of benzene rings is 1. The summed E-state index contributed by atoms with van der Waals surface area (Å²) in [5, 5.41) is 7.14. The summed E-state index contributed by atoms with van der Waals surface area (Å²) >= 11 is 0. The zero-order chi connectivity index (χ0) is 26.9. The second kappa shape index (κ2) is 10.4. The Balaban J connectivity index is 1.37. The van der Waals surface area contributed by atoms with E-state index in [0.29, 0.717) is 47.4 Å². The molecule has 0 bridgehead atoms. The first kappa shape index (κ1) is 25.7. The van der Waals surface area contributed by atoms with Gasteiger partial charge in [-0.25, -0.2) is 4.98 Å². The van der Waals surface area contributed by atoms with Gasteiger partial charge in [-0.05, 0) is 38.0 Å². The number of nitrogens with zero attached hydrogens (tertiary/aromatic N) is 5. The molecule has 0 aliphatic carbocycles. The monoisotopic (exact) mass is 528 g/mol. The van der Waals surface area contributed by atoms with E-state index in [2.05, 4.69) is 20.4 Å². The van der Waals surface area contributed by atoms with Crippen molar-refractivity contribution >= 4 is 28.6 Å². The van der Waals surface area contributed by atoms with Crippen LogP contribution in [-0.4, -0.2) is 43.3 Å². The number of halogens is 3. The molecule has 12 heteroatoms. The summed E-state index contributed by atoms with van der Waals surface area (Å²) in [5.41, 5.74) is 1.13. The van der Waals surface area contributed by atoms with Crippen LogP contribution in [0.4, 0.5) is 24.9 Å². The van der Waals surface area contributed by atoms with Crippen LogP contribution in [0.25, 0.3) is 11.0 Å². The molecule has 1 aromatic carbocycles. The summed E-state index contributed by atoms with van der Waals surface area (Å²) in [7, 11) is 1.75. The van der Waals surface area contributed by atoms with E-state index >= 15 is 0 Å². The first-order valence-electron chi connectivity index (χ1n) is 12.2. The van der Waals surface area contributed by atoms with Crippen molar-refractivity contribution in [3.05, 3.63) is 54.0 Å². The molecule has 1 aliphatic rings. The van der Waals surface area contributed by atoms with Gasteiger partial charge in [-0.2, -0.15) is 18.3 Å². The highest BCUT2D eigenvalue weighted by Crippen LogP contribution is 2.33. The van der Waals surface area contributed by atoms with Crippen LogP contribution in [0.15, 0.2) is 42.6 Å². The number of ether oxygens (including phenoxy) is 2. The number of hydrogen-bond donors (Lipinski definition) is 1. The van der Waals surface area contributed by atoms with Gasteiger partial charge < -0.3 is 19.4 Å². The van der Waals surface area contributed by atoms with E-state index in [1.807, 2.05) is 0 Å². The molecule has 3 aromatic heterocycles. The van der Waals surface area contributed by atoms with E-state index < -0.39 is 11.9 Å². The fourth-order valence-electron chi connectivity index (χ4n) is 4.51. The number of pyridine rings is 1. The van der Waals surface area contributed by atoms with Crippen LogP contribution in [0.2, 0.25) is 0 Å². The molecule has 0 saturated carbocycles. The Morgan fingerprint density at radius 3 is 2.76 bits per heavy atom. The third-order valence-corrected chi connectivity index (χ3v) is 6.30. The molecule has 9 nitrogen and oxygen atoms in total. The van der Waals surface area contributed by atoms with E-state index in [4.69, 9.17) is 9.47 Å². The lowest BCUT2D eigenvalue weighted by Crippen LogP contribution is -2.25. The SMILES string of the molecule is CC(=O)Cc1cc(Oc2ccc3nc(Nc4cc(C(F)(F)F)n(C[C@H]5CCCOC5)n4)n(C)c3c2)ccn1. The molecular weight excluding hydrogens is 501 g/mol. The molecule has 1 N–H and O–H groups in total. The number of aryl methyl sites for hydroxylation is 1. The number of fused-ring (bicyclic) bond motifs is 1. The van der Waals surface area contributed by atoms with Crippen LogP contribution in [0.1, 0.15) is 31.2 Å². The minimum absolute atomic E-state index is 0.00109. The predicted octanol–water partition coefficient (Wildman–Crippen LogP) is 5.28. The number of rotatable bonds is 8. The highest BCUT2D eigenvalue weighted by atomic mass is 19.4. The van der Waals surface area contributed by atoms with Crippen molar-refractivity contribution in [3.8, 4) is 11.5 Å². The van der Waals surface area contributed by atoms with Gasteiger partial charge >= 0.3 is 6.18 Å². The number of anilines is 2. The van der Waals surface area contributed by atoms with Crippen LogP contribution in [0.5, 0.6) is 11.5 Å². The van der Waals surface area contributed by atoms with Crippen LogP contribution in [0.3, 0.4) is 0 Å². The molecule has 5 rings (SSSR count). The maximum atomic E-state index is 13.7. The van der Waals surface area contributed by atoms with Gasteiger partial charge in [0.1, 0.15) is 23.0 Å². The van der Waals surface area contributed by atoms with E-state index in [9.17, 15) is 18.0 Å². The molecule has 1 saturated heterocycles. The Morgan fingerprint density at radius 1 is 1.21 bits per heavy atom. The molecule has 0 unspecified atom stereocenters. The number of imidazole rings is 1. The molecule has 4 heterocycles. The first-order chi connectivity index (χ1) is 18.2.